The van der Waals surface area contributed by atoms with Crippen molar-refractivity contribution in [2.24, 2.45) is 0 Å². The summed E-state index contributed by atoms with van der Waals surface area (Å²) in [6.45, 7) is 1.55. The van der Waals surface area contributed by atoms with Gasteiger partial charge < -0.3 is 14.8 Å². The summed E-state index contributed by atoms with van der Waals surface area (Å²) in [6.07, 6.45) is -2.94. The Balaban J connectivity index is 1.58. The van der Waals surface area contributed by atoms with Gasteiger partial charge in [0.1, 0.15) is 24.1 Å². The third-order valence-electron chi connectivity index (χ3n) is 4.91. The predicted octanol–water partition coefficient (Wildman–Crippen LogP) is 3.64. The van der Waals surface area contributed by atoms with E-state index in [-0.39, 0.29) is 16.6 Å². The number of alkyl halides is 4. The minimum absolute atomic E-state index is 0.128. The third kappa shape index (κ3) is 3.55. The summed E-state index contributed by atoms with van der Waals surface area (Å²) < 4.78 is 52.4. The molecule has 1 saturated heterocycles. The van der Waals surface area contributed by atoms with Gasteiger partial charge in [0.15, 0.2) is 0 Å². The Kier molecular flexibility index (Phi) is 4.74. The van der Waals surface area contributed by atoms with Crippen molar-refractivity contribution < 1.29 is 17.6 Å². The standard InChI is InChI=1S/C19H16F4N6/c20-10-12-2-1-3-25-17(12)28-4-6-29(7-5-28)18-26-15-9-14(19(21,22)23)8-13(11-24)16(15)27-18/h1-3,8-9H,4-7,10H2,(H,26,27). The molecule has 29 heavy (non-hydrogen) atoms. The first-order valence-corrected chi connectivity index (χ1v) is 8.91. The SMILES string of the molecule is N#Cc1cc(C(F)(F)F)cc2[nH]c(N3CCN(c4ncccc4CF)CC3)nc12. The van der Waals surface area contributed by atoms with Gasteiger partial charge in [-0.25, -0.2) is 14.4 Å². The summed E-state index contributed by atoms with van der Waals surface area (Å²) in [5, 5.41) is 9.23. The number of nitrogens with one attached hydrogen (secondary N) is 1. The molecule has 0 atom stereocenters. The molecule has 1 fully saturated rings. The number of piperazine rings is 1. The molecule has 4 rings (SSSR count). The fourth-order valence-electron chi connectivity index (χ4n) is 3.45. The van der Waals surface area contributed by atoms with Crippen LogP contribution in [-0.2, 0) is 12.9 Å². The summed E-state index contributed by atoms with van der Waals surface area (Å²) in [5.41, 5.74) is -0.129. The highest BCUT2D eigenvalue weighted by Crippen LogP contribution is 2.33. The number of nitrogens with zero attached hydrogens (tertiary/aromatic N) is 5. The van der Waals surface area contributed by atoms with Crippen molar-refractivity contribution in [2.45, 2.75) is 12.9 Å². The van der Waals surface area contributed by atoms with Gasteiger partial charge in [-0.3, -0.25) is 0 Å². The summed E-state index contributed by atoms with van der Waals surface area (Å²) in [5.74, 6) is 1.00. The highest BCUT2D eigenvalue weighted by molar-refractivity contribution is 5.84. The molecule has 0 aliphatic carbocycles. The van der Waals surface area contributed by atoms with Gasteiger partial charge in [0.25, 0.3) is 0 Å². The average molecular weight is 404 g/mol. The van der Waals surface area contributed by atoms with E-state index in [4.69, 9.17) is 0 Å². The van der Waals surface area contributed by atoms with Gasteiger partial charge in [-0.05, 0) is 18.2 Å². The van der Waals surface area contributed by atoms with Crippen LogP contribution in [0.25, 0.3) is 11.0 Å². The van der Waals surface area contributed by atoms with Crippen molar-refractivity contribution >= 4 is 22.8 Å². The number of halogens is 4. The zero-order valence-electron chi connectivity index (χ0n) is 15.2. The van der Waals surface area contributed by atoms with Crippen LogP contribution < -0.4 is 9.80 Å². The van der Waals surface area contributed by atoms with E-state index in [1.54, 1.807) is 24.4 Å². The molecule has 0 radical (unpaired) electrons. The zero-order valence-corrected chi connectivity index (χ0v) is 15.2. The number of fused-ring (bicyclic) bond motifs is 1. The van der Waals surface area contributed by atoms with Crippen LogP contribution in [0.4, 0.5) is 29.3 Å². The number of benzene rings is 1. The van der Waals surface area contributed by atoms with Crippen LogP contribution in [0.1, 0.15) is 16.7 Å². The molecule has 1 aliphatic heterocycles. The number of rotatable bonds is 3. The summed E-state index contributed by atoms with van der Waals surface area (Å²) in [4.78, 5) is 15.4. The second-order valence-electron chi connectivity index (χ2n) is 6.68. The van der Waals surface area contributed by atoms with Crippen LogP contribution in [-0.4, -0.2) is 41.1 Å². The van der Waals surface area contributed by atoms with E-state index >= 15 is 0 Å². The van der Waals surface area contributed by atoms with Crippen LogP contribution in [0, 0.1) is 11.3 Å². The molecule has 1 aliphatic rings. The van der Waals surface area contributed by atoms with Crippen LogP contribution >= 0.6 is 0 Å². The van der Waals surface area contributed by atoms with Gasteiger partial charge in [-0.2, -0.15) is 18.4 Å². The van der Waals surface area contributed by atoms with Gasteiger partial charge in [-0.1, -0.05) is 6.07 Å². The number of pyridine rings is 1. The monoisotopic (exact) mass is 404 g/mol. The maximum Gasteiger partial charge on any atom is 0.416 e. The van der Waals surface area contributed by atoms with Crippen molar-refractivity contribution in [3.8, 4) is 6.07 Å². The lowest BCUT2D eigenvalue weighted by Crippen LogP contribution is -2.47. The Labute approximate surface area is 163 Å². The average Bonchev–Trinajstić information content (AvgIpc) is 3.17. The van der Waals surface area contributed by atoms with Crippen LogP contribution in [0.2, 0.25) is 0 Å². The first-order valence-electron chi connectivity index (χ1n) is 8.91. The molecule has 6 nitrogen and oxygen atoms in total. The molecule has 2 aromatic heterocycles. The Morgan fingerprint density at radius 3 is 2.52 bits per heavy atom. The second kappa shape index (κ2) is 7.24. The molecule has 3 heterocycles. The maximum absolute atomic E-state index is 13.2. The number of nitriles is 1. The van der Waals surface area contributed by atoms with Gasteiger partial charge in [0.05, 0.1) is 16.6 Å². The molecule has 3 aromatic rings. The van der Waals surface area contributed by atoms with E-state index in [2.05, 4.69) is 15.0 Å². The number of aromatic nitrogens is 3. The number of hydrogen-bond acceptors (Lipinski definition) is 5. The molecule has 0 spiro atoms. The molecular weight excluding hydrogens is 388 g/mol. The number of H-pyrrole nitrogens is 1. The van der Waals surface area contributed by atoms with E-state index in [1.807, 2.05) is 9.80 Å². The highest BCUT2D eigenvalue weighted by Gasteiger charge is 2.32. The van der Waals surface area contributed by atoms with Gasteiger partial charge in [0.2, 0.25) is 5.95 Å². The van der Waals surface area contributed by atoms with E-state index in [0.717, 1.165) is 12.1 Å². The molecule has 1 aromatic carbocycles. The maximum atomic E-state index is 13.2. The number of imidazole rings is 1. The van der Waals surface area contributed by atoms with Crippen molar-refractivity contribution in [3.05, 3.63) is 47.2 Å². The Hall–Kier alpha value is -3.35. The van der Waals surface area contributed by atoms with Gasteiger partial charge in [-0.15, -0.1) is 0 Å². The molecule has 150 valence electrons. The highest BCUT2D eigenvalue weighted by atomic mass is 19.4. The van der Waals surface area contributed by atoms with E-state index in [1.165, 1.54) is 0 Å². The number of aromatic amines is 1. The molecular formula is C19H16F4N6. The lowest BCUT2D eigenvalue weighted by molar-refractivity contribution is -0.137. The van der Waals surface area contributed by atoms with E-state index < -0.39 is 18.4 Å². The predicted molar refractivity (Wildman–Crippen MR) is 99.3 cm³/mol. The Bertz CT molecular complexity index is 1080. The minimum atomic E-state index is -4.55. The Morgan fingerprint density at radius 1 is 1.14 bits per heavy atom. The molecule has 10 heteroatoms. The number of anilines is 2. The largest absolute Gasteiger partial charge is 0.416 e. The quantitative estimate of drug-likeness (QED) is 0.675. The fraction of sp³-hybridized carbons (Fsp3) is 0.316. The van der Waals surface area contributed by atoms with Crippen molar-refractivity contribution in [2.75, 3.05) is 36.0 Å². The summed E-state index contributed by atoms with van der Waals surface area (Å²) >= 11 is 0. The number of hydrogen-bond donors (Lipinski definition) is 1. The summed E-state index contributed by atoms with van der Waals surface area (Å²) in [6, 6.07) is 6.94. The van der Waals surface area contributed by atoms with Gasteiger partial charge in [0, 0.05) is 37.9 Å². The molecule has 1 N–H and O–H groups in total. The van der Waals surface area contributed by atoms with Crippen LogP contribution in [0.3, 0.4) is 0 Å². The third-order valence-corrected chi connectivity index (χ3v) is 4.91. The topological polar surface area (TPSA) is 71.8 Å². The fourth-order valence-corrected chi connectivity index (χ4v) is 3.45. The molecule has 0 saturated carbocycles. The molecule has 0 amide bonds. The first kappa shape index (κ1) is 19.0. The lowest BCUT2D eigenvalue weighted by Gasteiger charge is -2.35. The van der Waals surface area contributed by atoms with Gasteiger partial charge >= 0.3 is 6.18 Å². The van der Waals surface area contributed by atoms with Crippen molar-refractivity contribution in [1.82, 2.24) is 15.0 Å². The molecule has 0 unspecified atom stereocenters. The van der Waals surface area contributed by atoms with Crippen LogP contribution in [0.15, 0.2) is 30.5 Å². The molecule has 0 bridgehead atoms. The first-order chi connectivity index (χ1) is 13.9. The van der Waals surface area contributed by atoms with E-state index in [9.17, 15) is 22.8 Å². The van der Waals surface area contributed by atoms with E-state index in [0.29, 0.717) is 43.5 Å². The Morgan fingerprint density at radius 2 is 1.86 bits per heavy atom. The lowest BCUT2D eigenvalue weighted by atomic mass is 10.1. The zero-order chi connectivity index (χ0) is 20.6. The van der Waals surface area contributed by atoms with Crippen molar-refractivity contribution in [3.63, 3.8) is 0 Å². The smallest absolute Gasteiger partial charge is 0.353 e. The second-order valence-corrected chi connectivity index (χ2v) is 6.68. The van der Waals surface area contributed by atoms with Crippen molar-refractivity contribution in [1.29, 1.82) is 5.26 Å². The minimum Gasteiger partial charge on any atom is -0.353 e. The summed E-state index contributed by atoms with van der Waals surface area (Å²) in [7, 11) is 0. The van der Waals surface area contributed by atoms with Crippen LogP contribution in [0.5, 0.6) is 0 Å². The normalized spacial score (nSPS) is 15.0.